The lowest BCUT2D eigenvalue weighted by molar-refractivity contribution is -0.116. The summed E-state index contributed by atoms with van der Waals surface area (Å²) >= 11 is 0. The van der Waals surface area contributed by atoms with Crippen LogP contribution in [0.1, 0.15) is 48.2 Å². The number of hydrogen-bond donors (Lipinski definition) is 2. The van der Waals surface area contributed by atoms with Gasteiger partial charge >= 0.3 is 0 Å². The first-order valence-electron chi connectivity index (χ1n) is 10.7. The van der Waals surface area contributed by atoms with Crippen molar-refractivity contribution in [1.82, 2.24) is 10.1 Å². The zero-order chi connectivity index (χ0) is 23.2. The zero-order valence-electron chi connectivity index (χ0n) is 18.4. The van der Waals surface area contributed by atoms with Gasteiger partial charge in [-0.2, -0.15) is 4.98 Å². The van der Waals surface area contributed by atoms with E-state index in [-0.39, 0.29) is 24.0 Å². The minimum absolute atomic E-state index is 0.177. The summed E-state index contributed by atoms with van der Waals surface area (Å²) in [5, 5.41) is 9.56. The standard InChI is InChI=1S/C25H24N4O4/c1-16(2)17-8-10-18(11-9-17)24-28-23(33-29-24)13-12-22(30)26-19-5-3-6-20(15-19)27-25(31)21-7-4-14-32-21/h3-11,14-16H,12-13H2,1-2H3,(H,26,30)(H,27,31). The summed E-state index contributed by atoms with van der Waals surface area (Å²) < 4.78 is 10.4. The lowest BCUT2D eigenvalue weighted by Gasteiger charge is -2.08. The maximum absolute atomic E-state index is 12.4. The van der Waals surface area contributed by atoms with Gasteiger partial charge in [-0.3, -0.25) is 9.59 Å². The number of aryl methyl sites for hydroxylation is 1. The van der Waals surface area contributed by atoms with Gasteiger partial charge in [0.05, 0.1) is 6.26 Å². The van der Waals surface area contributed by atoms with Crippen LogP contribution in [0, 0.1) is 0 Å². The smallest absolute Gasteiger partial charge is 0.291 e. The van der Waals surface area contributed by atoms with E-state index in [1.807, 2.05) is 12.1 Å². The van der Waals surface area contributed by atoms with Gasteiger partial charge in [0, 0.05) is 29.8 Å². The summed E-state index contributed by atoms with van der Waals surface area (Å²) in [7, 11) is 0. The number of anilines is 2. The van der Waals surface area contributed by atoms with Gasteiger partial charge in [-0.25, -0.2) is 0 Å². The van der Waals surface area contributed by atoms with Crippen LogP contribution < -0.4 is 10.6 Å². The van der Waals surface area contributed by atoms with Crippen molar-refractivity contribution in [3.63, 3.8) is 0 Å². The Bertz CT molecular complexity index is 1230. The number of benzene rings is 2. The van der Waals surface area contributed by atoms with E-state index in [1.165, 1.54) is 11.8 Å². The van der Waals surface area contributed by atoms with Gasteiger partial charge in [0.1, 0.15) is 0 Å². The number of nitrogens with one attached hydrogen (secondary N) is 2. The van der Waals surface area contributed by atoms with E-state index in [0.29, 0.717) is 35.4 Å². The van der Waals surface area contributed by atoms with Crippen LogP contribution in [0.15, 0.2) is 75.9 Å². The van der Waals surface area contributed by atoms with Crippen molar-refractivity contribution in [2.45, 2.75) is 32.6 Å². The normalized spacial score (nSPS) is 10.9. The molecule has 0 bridgehead atoms. The highest BCUT2D eigenvalue weighted by atomic mass is 16.5. The van der Waals surface area contributed by atoms with Crippen LogP contribution in [0.3, 0.4) is 0 Å². The average molecular weight is 444 g/mol. The molecule has 2 amide bonds. The second-order valence-electron chi connectivity index (χ2n) is 7.85. The van der Waals surface area contributed by atoms with Crippen LogP contribution in [-0.2, 0) is 11.2 Å². The molecular weight excluding hydrogens is 420 g/mol. The maximum atomic E-state index is 12.4. The molecule has 4 rings (SSSR count). The quantitative estimate of drug-likeness (QED) is 0.383. The fraction of sp³-hybridized carbons (Fsp3) is 0.200. The number of carbonyl (C=O) groups is 2. The molecule has 0 aliphatic rings. The van der Waals surface area contributed by atoms with Gasteiger partial charge in [-0.1, -0.05) is 49.3 Å². The molecular formula is C25H24N4O4. The largest absolute Gasteiger partial charge is 0.459 e. The van der Waals surface area contributed by atoms with E-state index in [4.69, 9.17) is 8.94 Å². The highest BCUT2D eigenvalue weighted by Gasteiger charge is 2.13. The first-order valence-corrected chi connectivity index (χ1v) is 10.7. The Kier molecular flexibility index (Phi) is 6.64. The van der Waals surface area contributed by atoms with E-state index in [2.05, 4.69) is 46.8 Å². The minimum Gasteiger partial charge on any atom is -0.459 e. The third-order valence-corrected chi connectivity index (χ3v) is 5.02. The molecule has 0 saturated heterocycles. The molecule has 0 fully saturated rings. The summed E-state index contributed by atoms with van der Waals surface area (Å²) in [5.41, 5.74) is 3.21. The maximum Gasteiger partial charge on any atom is 0.291 e. The number of furan rings is 1. The summed E-state index contributed by atoms with van der Waals surface area (Å²) in [6.45, 7) is 4.28. The van der Waals surface area contributed by atoms with Crippen molar-refractivity contribution in [2.75, 3.05) is 10.6 Å². The van der Waals surface area contributed by atoms with Crippen molar-refractivity contribution in [3.05, 3.63) is 84.1 Å². The Balaban J connectivity index is 1.30. The summed E-state index contributed by atoms with van der Waals surface area (Å²) in [6.07, 6.45) is 1.93. The van der Waals surface area contributed by atoms with Gasteiger partial charge in [0.2, 0.25) is 17.6 Å². The summed E-state index contributed by atoms with van der Waals surface area (Å²) in [5.74, 6) is 0.985. The first kappa shape index (κ1) is 22.0. The van der Waals surface area contributed by atoms with E-state index in [0.717, 1.165) is 5.56 Å². The zero-order valence-corrected chi connectivity index (χ0v) is 18.4. The van der Waals surface area contributed by atoms with Crippen LogP contribution >= 0.6 is 0 Å². The Hall–Kier alpha value is -4.20. The lowest BCUT2D eigenvalue weighted by atomic mass is 10.0. The molecule has 2 aromatic carbocycles. The van der Waals surface area contributed by atoms with Crippen LogP contribution in [-0.4, -0.2) is 22.0 Å². The van der Waals surface area contributed by atoms with Gasteiger partial charge in [0.15, 0.2) is 5.76 Å². The van der Waals surface area contributed by atoms with Gasteiger partial charge in [0.25, 0.3) is 5.91 Å². The van der Waals surface area contributed by atoms with Crippen molar-refractivity contribution < 1.29 is 18.5 Å². The molecule has 2 N–H and O–H groups in total. The van der Waals surface area contributed by atoms with Crippen LogP contribution in [0.25, 0.3) is 11.4 Å². The Morgan fingerprint density at radius 2 is 1.73 bits per heavy atom. The monoisotopic (exact) mass is 444 g/mol. The molecule has 0 aliphatic heterocycles. The number of aromatic nitrogens is 2. The number of nitrogens with zero attached hydrogens (tertiary/aromatic N) is 2. The SMILES string of the molecule is CC(C)c1ccc(-c2noc(CCC(=O)Nc3cccc(NC(=O)c4ccco4)c3)n2)cc1. The molecule has 0 radical (unpaired) electrons. The fourth-order valence-electron chi connectivity index (χ4n) is 3.21. The van der Waals surface area contributed by atoms with E-state index < -0.39 is 0 Å². The Labute approximate surface area is 191 Å². The molecule has 33 heavy (non-hydrogen) atoms. The van der Waals surface area contributed by atoms with E-state index in [9.17, 15) is 9.59 Å². The molecule has 8 heteroatoms. The van der Waals surface area contributed by atoms with Crippen LogP contribution in [0.2, 0.25) is 0 Å². The molecule has 8 nitrogen and oxygen atoms in total. The van der Waals surface area contributed by atoms with Crippen molar-refractivity contribution in [3.8, 4) is 11.4 Å². The number of hydrogen-bond acceptors (Lipinski definition) is 6. The molecule has 168 valence electrons. The third kappa shape index (κ3) is 5.74. The molecule has 2 aromatic heterocycles. The number of carbonyl (C=O) groups excluding carboxylic acids is 2. The molecule has 0 spiro atoms. The third-order valence-electron chi connectivity index (χ3n) is 5.02. The molecule has 2 heterocycles. The van der Waals surface area contributed by atoms with Gasteiger partial charge in [-0.15, -0.1) is 0 Å². The second kappa shape index (κ2) is 9.95. The lowest BCUT2D eigenvalue weighted by Crippen LogP contribution is -2.14. The first-order chi connectivity index (χ1) is 16.0. The van der Waals surface area contributed by atoms with E-state index >= 15 is 0 Å². The highest BCUT2D eigenvalue weighted by Crippen LogP contribution is 2.21. The van der Waals surface area contributed by atoms with E-state index in [1.54, 1.807) is 36.4 Å². The molecule has 0 atom stereocenters. The highest BCUT2D eigenvalue weighted by molar-refractivity contribution is 6.02. The van der Waals surface area contributed by atoms with Gasteiger partial charge in [-0.05, 0) is 41.8 Å². The molecule has 0 aliphatic carbocycles. The van der Waals surface area contributed by atoms with Crippen LogP contribution in [0.5, 0.6) is 0 Å². The fourth-order valence-corrected chi connectivity index (χ4v) is 3.21. The van der Waals surface area contributed by atoms with Crippen molar-refractivity contribution >= 4 is 23.2 Å². The second-order valence-corrected chi connectivity index (χ2v) is 7.85. The van der Waals surface area contributed by atoms with Gasteiger partial charge < -0.3 is 19.6 Å². The molecule has 0 saturated carbocycles. The van der Waals surface area contributed by atoms with Crippen LogP contribution in [0.4, 0.5) is 11.4 Å². The average Bonchev–Trinajstić information content (AvgIpc) is 3.51. The summed E-state index contributed by atoms with van der Waals surface area (Å²) in [6, 6.07) is 18.1. The number of amides is 2. The molecule has 4 aromatic rings. The number of rotatable bonds is 8. The topological polar surface area (TPSA) is 110 Å². The Morgan fingerprint density at radius 1 is 0.970 bits per heavy atom. The minimum atomic E-state index is -0.366. The predicted octanol–water partition coefficient (Wildman–Crippen LogP) is 5.28. The predicted molar refractivity (Wildman–Crippen MR) is 124 cm³/mol. The molecule has 0 unspecified atom stereocenters. The summed E-state index contributed by atoms with van der Waals surface area (Å²) in [4.78, 5) is 28.9. The Morgan fingerprint density at radius 3 is 2.42 bits per heavy atom. The van der Waals surface area contributed by atoms with Crippen molar-refractivity contribution in [2.24, 2.45) is 0 Å². The van der Waals surface area contributed by atoms with Crippen molar-refractivity contribution in [1.29, 1.82) is 0 Å².